The lowest BCUT2D eigenvalue weighted by Gasteiger charge is -2.10. The van der Waals surface area contributed by atoms with Crippen molar-refractivity contribution in [2.45, 2.75) is 24.1 Å². The molecule has 3 heterocycles. The lowest BCUT2D eigenvalue weighted by atomic mass is 9.96. The second kappa shape index (κ2) is 7.45. The summed E-state index contributed by atoms with van der Waals surface area (Å²) in [6.07, 6.45) is 1.87. The summed E-state index contributed by atoms with van der Waals surface area (Å²) in [5, 5.41) is 20.6. The SMILES string of the molecule is CC1=C(C#N)c2nc(N)c(C#N)c(C)c2/C1=C\c1ccc(Sc2nc3ccccc3[nH]2)o1. The van der Waals surface area contributed by atoms with Gasteiger partial charge in [0.05, 0.1) is 27.9 Å². The van der Waals surface area contributed by atoms with Gasteiger partial charge in [-0.05, 0) is 72.7 Å². The van der Waals surface area contributed by atoms with Gasteiger partial charge in [0, 0.05) is 5.56 Å². The maximum Gasteiger partial charge on any atom is 0.174 e. The molecule has 7 nitrogen and oxygen atoms in total. The van der Waals surface area contributed by atoms with Gasteiger partial charge in [0.1, 0.15) is 23.7 Å². The van der Waals surface area contributed by atoms with Crippen LogP contribution in [-0.4, -0.2) is 15.0 Å². The zero-order valence-electron chi connectivity index (χ0n) is 17.2. The van der Waals surface area contributed by atoms with Crippen LogP contribution in [0, 0.1) is 29.6 Å². The van der Waals surface area contributed by atoms with E-state index in [0.717, 1.165) is 32.9 Å². The zero-order valence-corrected chi connectivity index (χ0v) is 18.0. The van der Waals surface area contributed by atoms with E-state index in [4.69, 9.17) is 10.2 Å². The predicted octanol–water partition coefficient (Wildman–Crippen LogP) is 5.32. The highest BCUT2D eigenvalue weighted by Gasteiger charge is 2.29. The predicted molar refractivity (Wildman–Crippen MR) is 123 cm³/mol. The lowest BCUT2D eigenvalue weighted by molar-refractivity contribution is 0.466. The van der Waals surface area contributed by atoms with Crippen LogP contribution in [0.3, 0.4) is 0 Å². The number of pyridine rings is 1. The molecule has 8 heteroatoms. The summed E-state index contributed by atoms with van der Waals surface area (Å²) in [7, 11) is 0. The van der Waals surface area contributed by atoms with E-state index in [1.807, 2.05) is 56.3 Å². The number of nitrogens with zero attached hydrogens (tertiary/aromatic N) is 4. The van der Waals surface area contributed by atoms with Crippen LogP contribution in [0.4, 0.5) is 5.82 Å². The summed E-state index contributed by atoms with van der Waals surface area (Å²) in [4.78, 5) is 12.2. The number of nitrogens with two attached hydrogens (primary N) is 1. The number of anilines is 1. The van der Waals surface area contributed by atoms with Crippen LogP contribution in [0.2, 0.25) is 0 Å². The number of aromatic amines is 1. The Kier molecular flexibility index (Phi) is 4.58. The first-order valence-electron chi connectivity index (χ1n) is 9.76. The summed E-state index contributed by atoms with van der Waals surface area (Å²) < 4.78 is 6.01. The number of imidazole rings is 1. The van der Waals surface area contributed by atoms with Gasteiger partial charge in [0.25, 0.3) is 0 Å². The number of benzene rings is 1. The first-order chi connectivity index (χ1) is 15.5. The molecular formula is C24H16N6OS. The standard InChI is InChI=1S/C24H16N6OS/c1-12-15(21-13(2)17(11-26)23(27)30-22(21)16(12)10-25)9-14-7-8-20(31-14)32-24-28-18-5-3-4-6-19(18)29-24/h3-9H,1-2H3,(H2,27,30)(H,28,29)/b15-9-. The molecule has 0 bridgehead atoms. The molecule has 1 aliphatic carbocycles. The van der Waals surface area contributed by atoms with Crippen molar-refractivity contribution < 1.29 is 4.42 Å². The van der Waals surface area contributed by atoms with Gasteiger partial charge >= 0.3 is 0 Å². The number of hydrogen-bond acceptors (Lipinski definition) is 7. The van der Waals surface area contributed by atoms with Crippen molar-refractivity contribution in [3.8, 4) is 12.1 Å². The number of allylic oxidation sites excluding steroid dienone is 3. The molecule has 5 rings (SSSR count). The minimum atomic E-state index is 0.132. The number of furan rings is 1. The molecule has 0 aliphatic heterocycles. The Morgan fingerprint density at radius 2 is 1.91 bits per heavy atom. The highest BCUT2D eigenvalue weighted by Crippen LogP contribution is 2.44. The fraction of sp³-hybridized carbons (Fsp3) is 0.0833. The van der Waals surface area contributed by atoms with Crippen molar-refractivity contribution >= 4 is 45.8 Å². The number of nitrogens with one attached hydrogen (secondary N) is 1. The largest absolute Gasteiger partial charge is 0.450 e. The topological polar surface area (TPSA) is 128 Å². The molecule has 0 unspecified atom stereocenters. The average Bonchev–Trinajstić information content (AvgIpc) is 3.45. The highest BCUT2D eigenvalue weighted by atomic mass is 32.2. The molecule has 0 fully saturated rings. The molecule has 0 atom stereocenters. The fourth-order valence-electron chi connectivity index (χ4n) is 3.88. The van der Waals surface area contributed by atoms with E-state index in [1.54, 1.807) is 0 Å². The number of aromatic nitrogens is 3. The first kappa shape index (κ1) is 19.7. The Bertz CT molecular complexity index is 1520. The molecule has 1 aliphatic rings. The summed E-state index contributed by atoms with van der Waals surface area (Å²) in [5.74, 6) is 0.755. The number of nitrogen functional groups attached to an aromatic ring is 1. The van der Waals surface area contributed by atoms with Gasteiger partial charge in [-0.15, -0.1) is 0 Å². The quantitative estimate of drug-likeness (QED) is 0.445. The van der Waals surface area contributed by atoms with Crippen LogP contribution < -0.4 is 5.73 Å². The van der Waals surface area contributed by atoms with Crippen LogP contribution >= 0.6 is 11.8 Å². The highest BCUT2D eigenvalue weighted by molar-refractivity contribution is 7.99. The Morgan fingerprint density at radius 1 is 1.09 bits per heavy atom. The normalized spacial score (nSPS) is 14.1. The third kappa shape index (κ3) is 3.06. The van der Waals surface area contributed by atoms with Gasteiger partial charge in [-0.2, -0.15) is 10.5 Å². The van der Waals surface area contributed by atoms with Crippen molar-refractivity contribution in [1.29, 1.82) is 10.5 Å². The van der Waals surface area contributed by atoms with Crippen LogP contribution in [0.15, 0.2) is 56.6 Å². The second-order valence-electron chi connectivity index (χ2n) is 7.32. The van der Waals surface area contributed by atoms with Gasteiger partial charge < -0.3 is 15.1 Å². The van der Waals surface area contributed by atoms with Crippen LogP contribution in [-0.2, 0) is 0 Å². The summed E-state index contributed by atoms with van der Waals surface area (Å²) in [6, 6.07) is 15.9. The molecule has 0 saturated heterocycles. The third-order valence-electron chi connectivity index (χ3n) is 5.44. The number of hydrogen-bond donors (Lipinski definition) is 2. The van der Waals surface area contributed by atoms with Crippen molar-refractivity contribution in [2.75, 3.05) is 5.73 Å². The Hall–Kier alpha value is -4.27. The Morgan fingerprint density at radius 3 is 2.66 bits per heavy atom. The monoisotopic (exact) mass is 436 g/mol. The Balaban J connectivity index is 1.54. The number of H-pyrrole nitrogens is 1. The molecule has 1 aromatic carbocycles. The minimum Gasteiger partial charge on any atom is -0.450 e. The van der Waals surface area contributed by atoms with E-state index in [0.29, 0.717) is 33.2 Å². The molecule has 3 N–H and O–H groups in total. The zero-order chi connectivity index (χ0) is 22.4. The van der Waals surface area contributed by atoms with E-state index < -0.39 is 0 Å². The van der Waals surface area contributed by atoms with Crippen LogP contribution in [0.25, 0.3) is 28.3 Å². The molecule has 0 saturated carbocycles. The number of nitriles is 2. The van der Waals surface area contributed by atoms with Crippen LogP contribution in [0.1, 0.15) is 35.1 Å². The maximum absolute atomic E-state index is 9.69. The minimum absolute atomic E-state index is 0.132. The van der Waals surface area contributed by atoms with E-state index in [1.165, 1.54) is 11.8 Å². The van der Waals surface area contributed by atoms with Crippen molar-refractivity contribution in [3.05, 3.63) is 70.1 Å². The number of rotatable bonds is 3. The van der Waals surface area contributed by atoms with Gasteiger partial charge in [-0.1, -0.05) is 12.1 Å². The van der Waals surface area contributed by atoms with E-state index in [-0.39, 0.29) is 5.82 Å². The van der Waals surface area contributed by atoms with Crippen molar-refractivity contribution in [3.63, 3.8) is 0 Å². The van der Waals surface area contributed by atoms with Crippen LogP contribution in [0.5, 0.6) is 0 Å². The van der Waals surface area contributed by atoms with E-state index in [9.17, 15) is 10.5 Å². The fourth-order valence-corrected chi connectivity index (χ4v) is 4.65. The smallest absolute Gasteiger partial charge is 0.174 e. The molecule has 3 aromatic heterocycles. The van der Waals surface area contributed by atoms with E-state index in [2.05, 4.69) is 27.1 Å². The first-order valence-corrected chi connectivity index (χ1v) is 10.6. The third-order valence-corrected chi connectivity index (χ3v) is 6.24. The molecule has 154 valence electrons. The van der Waals surface area contributed by atoms with E-state index >= 15 is 0 Å². The van der Waals surface area contributed by atoms with Gasteiger partial charge in [-0.25, -0.2) is 9.97 Å². The molecule has 0 amide bonds. The maximum atomic E-state index is 9.69. The number of fused-ring (bicyclic) bond motifs is 2. The molecular weight excluding hydrogens is 420 g/mol. The summed E-state index contributed by atoms with van der Waals surface area (Å²) >= 11 is 1.40. The molecule has 32 heavy (non-hydrogen) atoms. The van der Waals surface area contributed by atoms with Crippen molar-refractivity contribution in [2.24, 2.45) is 0 Å². The van der Waals surface area contributed by atoms with Gasteiger partial charge in [0.2, 0.25) is 0 Å². The average molecular weight is 437 g/mol. The summed E-state index contributed by atoms with van der Waals surface area (Å²) in [6.45, 7) is 3.68. The lowest BCUT2D eigenvalue weighted by Crippen LogP contribution is -2.03. The summed E-state index contributed by atoms with van der Waals surface area (Å²) in [5.41, 5.74) is 12.1. The number of para-hydroxylation sites is 2. The second-order valence-corrected chi connectivity index (χ2v) is 8.31. The molecule has 4 aromatic rings. The van der Waals surface area contributed by atoms with Gasteiger partial charge in [-0.3, -0.25) is 0 Å². The van der Waals surface area contributed by atoms with Crippen molar-refractivity contribution in [1.82, 2.24) is 15.0 Å². The molecule has 0 radical (unpaired) electrons. The van der Waals surface area contributed by atoms with Gasteiger partial charge in [0.15, 0.2) is 10.2 Å². The molecule has 0 spiro atoms. The Labute approximate surface area is 187 Å².